The fourth-order valence-corrected chi connectivity index (χ4v) is 5.21. The number of halogens is 1. The largest absolute Gasteiger partial charge is 0.356 e. The molecule has 1 heterocycles. The number of likely N-dealkylation sites (tertiary alicyclic amines) is 1. The van der Waals surface area contributed by atoms with E-state index in [2.05, 4.69) is 17.5 Å². The first kappa shape index (κ1) is 23.2. The Bertz CT molecular complexity index is 1020. The number of rotatable bonds is 7. The van der Waals surface area contributed by atoms with E-state index in [9.17, 15) is 14.0 Å². The van der Waals surface area contributed by atoms with Gasteiger partial charge in [-0.2, -0.15) is 0 Å². The molecule has 4 rings (SSSR count). The molecule has 1 aliphatic heterocycles. The summed E-state index contributed by atoms with van der Waals surface area (Å²) in [4.78, 5) is 28.1. The van der Waals surface area contributed by atoms with E-state index in [1.165, 1.54) is 12.1 Å². The van der Waals surface area contributed by atoms with Gasteiger partial charge < -0.3 is 10.2 Å². The Morgan fingerprint density at radius 1 is 1.12 bits per heavy atom. The molecule has 1 unspecified atom stereocenters. The number of carbonyl (C=O) groups excluding carboxylic acids is 2. The first-order valence-corrected chi connectivity index (χ1v) is 12.1. The molecular weight excluding hydrogens is 415 g/mol. The van der Waals surface area contributed by atoms with Gasteiger partial charge in [-0.15, -0.1) is 0 Å². The Kier molecular flexibility index (Phi) is 7.26. The maximum atomic E-state index is 13.9. The van der Waals surface area contributed by atoms with Crippen LogP contribution in [0.15, 0.2) is 60.7 Å². The van der Waals surface area contributed by atoms with Crippen LogP contribution in [0, 0.1) is 17.2 Å². The Labute approximate surface area is 195 Å². The van der Waals surface area contributed by atoms with Gasteiger partial charge in [0.2, 0.25) is 11.8 Å². The third kappa shape index (κ3) is 5.35. The van der Waals surface area contributed by atoms with Crippen LogP contribution >= 0.6 is 0 Å². The highest BCUT2D eigenvalue weighted by molar-refractivity contribution is 5.84. The summed E-state index contributed by atoms with van der Waals surface area (Å²) in [5.74, 6) is 0.316. The summed E-state index contributed by atoms with van der Waals surface area (Å²) < 4.78 is 13.9. The highest BCUT2D eigenvalue weighted by Gasteiger charge is 2.42. The lowest BCUT2D eigenvalue weighted by Crippen LogP contribution is -2.51. The number of nitrogens with zero attached hydrogens (tertiary/aromatic N) is 1. The molecule has 0 bridgehead atoms. The summed E-state index contributed by atoms with van der Waals surface area (Å²) in [5, 5.41) is 3.04. The number of amides is 2. The summed E-state index contributed by atoms with van der Waals surface area (Å²) in [5.41, 5.74) is 2.22. The van der Waals surface area contributed by atoms with E-state index in [1.807, 2.05) is 42.2 Å². The zero-order valence-corrected chi connectivity index (χ0v) is 19.4. The van der Waals surface area contributed by atoms with Gasteiger partial charge in [0.25, 0.3) is 0 Å². The van der Waals surface area contributed by atoms with Gasteiger partial charge >= 0.3 is 0 Å². The molecule has 2 aromatic rings. The van der Waals surface area contributed by atoms with Gasteiger partial charge in [-0.25, -0.2) is 4.39 Å². The van der Waals surface area contributed by atoms with Crippen LogP contribution < -0.4 is 5.32 Å². The summed E-state index contributed by atoms with van der Waals surface area (Å²) in [7, 11) is 0. The summed E-state index contributed by atoms with van der Waals surface area (Å²) in [6.07, 6.45) is 8.81. The molecule has 1 fully saturated rings. The molecule has 1 N–H and O–H groups in total. The minimum atomic E-state index is -0.580. The van der Waals surface area contributed by atoms with Gasteiger partial charge in [0.05, 0.1) is 5.41 Å². The molecular formula is C28H33FN2O2. The molecule has 0 spiro atoms. The third-order valence-electron chi connectivity index (χ3n) is 7.12. The molecule has 174 valence electrons. The highest BCUT2D eigenvalue weighted by Crippen LogP contribution is 2.39. The number of piperidine rings is 1. The SMILES string of the molecule is CCNC(=O)C1(Cc2ccccc2-c2cccc(F)c2)CCN(C(=O)CC2C=CCC2)CC1. The molecule has 2 aliphatic rings. The van der Waals surface area contributed by atoms with Crippen molar-refractivity contribution in [3.05, 3.63) is 72.1 Å². The minimum absolute atomic E-state index is 0.0462. The molecule has 0 aromatic heterocycles. The van der Waals surface area contributed by atoms with Crippen molar-refractivity contribution in [1.29, 1.82) is 0 Å². The zero-order chi connectivity index (χ0) is 23.3. The molecule has 1 aliphatic carbocycles. The predicted octanol–water partition coefficient (Wildman–Crippen LogP) is 5.14. The van der Waals surface area contributed by atoms with Gasteiger partial charge in [0, 0.05) is 26.1 Å². The average Bonchev–Trinajstić information content (AvgIpc) is 3.33. The Morgan fingerprint density at radius 2 is 1.91 bits per heavy atom. The fraction of sp³-hybridized carbons (Fsp3) is 0.429. The topological polar surface area (TPSA) is 49.4 Å². The fourth-order valence-electron chi connectivity index (χ4n) is 5.21. The summed E-state index contributed by atoms with van der Waals surface area (Å²) in [6, 6.07) is 14.5. The number of carbonyl (C=O) groups is 2. The van der Waals surface area contributed by atoms with E-state index in [-0.39, 0.29) is 17.6 Å². The van der Waals surface area contributed by atoms with Crippen molar-refractivity contribution in [2.45, 2.75) is 45.4 Å². The van der Waals surface area contributed by atoms with Crippen LogP contribution in [0.3, 0.4) is 0 Å². The normalized spacial score (nSPS) is 19.5. The van der Waals surface area contributed by atoms with Crippen LogP contribution in [-0.2, 0) is 16.0 Å². The van der Waals surface area contributed by atoms with Crippen LogP contribution in [0.25, 0.3) is 11.1 Å². The maximum Gasteiger partial charge on any atom is 0.226 e. The first-order chi connectivity index (χ1) is 16.0. The highest BCUT2D eigenvalue weighted by atomic mass is 19.1. The minimum Gasteiger partial charge on any atom is -0.356 e. The third-order valence-corrected chi connectivity index (χ3v) is 7.12. The van der Waals surface area contributed by atoms with E-state index >= 15 is 0 Å². The van der Waals surface area contributed by atoms with Crippen molar-refractivity contribution in [2.75, 3.05) is 19.6 Å². The standard InChI is InChI=1S/C28H33FN2O2/c1-2-30-27(33)28(14-16-31(17-15-28)26(32)18-21-8-3-4-9-21)20-23-10-5-6-13-25(23)22-11-7-12-24(29)19-22/h3,5-8,10-13,19,21H,2,4,9,14-18,20H2,1H3,(H,30,33). The van der Waals surface area contributed by atoms with Crippen LogP contribution in [0.5, 0.6) is 0 Å². The number of nitrogens with one attached hydrogen (secondary N) is 1. The van der Waals surface area contributed by atoms with E-state index in [0.717, 1.165) is 29.5 Å². The van der Waals surface area contributed by atoms with Crippen LogP contribution in [0.1, 0.15) is 44.6 Å². The van der Waals surface area contributed by atoms with Crippen molar-refractivity contribution in [3.63, 3.8) is 0 Å². The second kappa shape index (κ2) is 10.3. The summed E-state index contributed by atoms with van der Waals surface area (Å²) >= 11 is 0. The Hall–Kier alpha value is -2.95. The molecule has 5 heteroatoms. The molecule has 1 atom stereocenters. The average molecular weight is 449 g/mol. The number of benzene rings is 2. The molecule has 0 radical (unpaired) electrons. The molecule has 0 saturated carbocycles. The summed E-state index contributed by atoms with van der Waals surface area (Å²) in [6.45, 7) is 3.69. The quantitative estimate of drug-likeness (QED) is 0.597. The number of hydrogen-bond donors (Lipinski definition) is 1. The van der Waals surface area contributed by atoms with Gasteiger partial charge in [-0.3, -0.25) is 9.59 Å². The van der Waals surface area contributed by atoms with E-state index in [1.54, 1.807) is 6.07 Å². The zero-order valence-electron chi connectivity index (χ0n) is 19.4. The van der Waals surface area contributed by atoms with Crippen molar-refractivity contribution >= 4 is 11.8 Å². The lowest BCUT2D eigenvalue weighted by Gasteiger charge is -2.41. The van der Waals surface area contributed by atoms with Crippen molar-refractivity contribution in [2.24, 2.45) is 11.3 Å². The number of allylic oxidation sites excluding steroid dienone is 2. The monoisotopic (exact) mass is 448 g/mol. The van der Waals surface area contributed by atoms with Crippen molar-refractivity contribution in [1.82, 2.24) is 10.2 Å². The Morgan fingerprint density at radius 3 is 2.61 bits per heavy atom. The maximum absolute atomic E-state index is 13.9. The lowest BCUT2D eigenvalue weighted by atomic mass is 9.72. The van der Waals surface area contributed by atoms with Gasteiger partial charge in [-0.1, -0.05) is 48.6 Å². The lowest BCUT2D eigenvalue weighted by molar-refractivity contribution is -0.141. The van der Waals surface area contributed by atoms with Crippen LogP contribution in [0.4, 0.5) is 4.39 Å². The molecule has 1 saturated heterocycles. The van der Waals surface area contributed by atoms with E-state index < -0.39 is 5.41 Å². The molecule has 2 aromatic carbocycles. The van der Waals surface area contributed by atoms with Crippen molar-refractivity contribution < 1.29 is 14.0 Å². The molecule has 33 heavy (non-hydrogen) atoms. The van der Waals surface area contributed by atoms with Gasteiger partial charge in [0.15, 0.2) is 0 Å². The molecule has 2 amide bonds. The van der Waals surface area contributed by atoms with Gasteiger partial charge in [0.1, 0.15) is 5.82 Å². The van der Waals surface area contributed by atoms with E-state index in [0.29, 0.717) is 51.2 Å². The molecule has 4 nitrogen and oxygen atoms in total. The van der Waals surface area contributed by atoms with Crippen LogP contribution in [0.2, 0.25) is 0 Å². The predicted molar refractivity (Wildman–Crippen MR) is 129 cm³/mol. The first-order valence-electron chi connectivity index (χ1n) is 12.1. The number of hydrogen-bond acceptors (Lipinski definition) is 2. The van der Waals surface area contributed by atoms with Crippen LogP contribution in [-0.4, -0.2) is 36.3 Å². The second-order valence-electron chi connectivity index (χ2n) is 9.33. The van der Waals surface area contributed by atoms with Crippen molar-refractivity contribution in [3.8, 4) is 11.1 Å². The smallest absolute Gasteiger partial charge is 0.226 e. The Balaban J connectivity index is 1.54. The van der Waals surface area contributed by atoms with E-state index in [4.69, 9.17) is 0 Å². The van der Waals surface area contributed by atoms with Gasteiger partial charge in [-0.05, 0) is 73.8 Å². The second-order valence-corrected chi connectivity index (χ2v) is 9.33.